The van der Waals surface area contributed by atoms with Gasteiger partial charge in [0.15, 0.2) is 0 Å². The zero-order chi connectivity index (χ0) is 15.7. The number of unbranched alkanes of at least 4 members (excludes halogenated alkanes) is 1. The van der Waals surface area contributed by atoms with Crippen LogP contribution in [0.25, 0.3) is 0 Å². The van der Waals surface area contributed by atoms with Gasteiger partial charge < -0.3 is 26.6 Å². The Bertz CT molecular complexity index is 479. The number of benzene rings is 1. The lowest BCUT2D eigenvalue weighted by atomic mass is 10.1. The summed E-state index contributed by atoms with van der Waals surface area (Å²) in [7, 11) is 0. The quantitative estimate of drug-likeness (QED) is 0.419. The molecule has 1 unspecified atom stereocenters. The minimum Gasteiger partial charge on any atom is -0.480 e. The van der Waals surface area contributed by atoms with Crippen LogP contribution in [-0.4, -0.2) is 29.8 Å². The molecule has 0 aromatic heterocycles. The third-order valence-electron chi connectivity index (χ3n) is 2.94. The van der Waals surface area contributed by atoms with Gasteiger partial charge in [0.2, 0.25) is 0 Å². The highest BCUT2D eigenvalue weighted by Gasteiger charge is 2.10. The van der Waals surface area contributed by atoms with Gasteiger partial charge in [-0.25, -0.2) is 4.79 Å². The molecule has 0 bridgehead atoms. The van der Waals surface area contributed by atoms with E-state index in [0.717, 1.165) is 5.56 Å². The summed E-state index contributed by atoms with van der Waals surface area (Å²) in [6, 6.07) is 6.30. The molecular formula is C14H21N3O4. The molecule has 0 saturated heterocycles. The van der Waals surface area contributed by atoms with Crippen molar-refractivity contribution >= 4 is 17.7 Å². The fraction of sp³-hybridized carbons (Fsp3) is 0.429. The number of hydrogen-bond donors (Lipinski definition) is 4. The number of hydrogen-bond acceptors (Lipinski definition) is 5. The third-order valence-corrected chi connectivity index (χ3v) is 2.94. The molecule has 0 radical (unpaired) electrons. The first-order chi connectivity index (χ1) is 10.0. The van der Waals surface area contributed by atoms with E-state index in [1.54, 1.807) is 18.2 Å². The Kier molecular flexibility index (Phi) is 7.03. The lowest BCUT2D eigenvalue weighted by Crippen LogP contribution is -2.30. The number of aliphatic carboxylic acids is 1. The Morgan fingerprint density at radius 1 is 1.29 bits per heavy atom. The summed E-state index contributed by atoms with van der Waals surface area (Å²) < 4.78 is 5.03. The number of carboxylic acids is 1. The van der Waals surface area contributed by atoms with E-state index in [2.05, 4.69) is 5.32 Å². The van der Waals surface area contributed by atoms with E-state index in [4.69, 9.17) is 21.3 Å². The SMILES string of the molecule is Nc1ccccc1COC(=O)NCCCCC(N)C(=O)O. The average Bonchev–Trinajstić information content (AvgIpc) is 2.45. The van der Waals surface area contributed by atoms with Crippen LogP contribution in [-0.2, 0) is 16.1 Å². The van der Waals surface area contributed by atoms with Crippen LogP contribution in [0.5, 0.6) is 0 Å². The number of carbonyl (C=O) groups excluding carboxylic acids is 1. The number of nitrogens with two attached hydrogens (primary N) is 2. The molecule has 1 aromatic carbocycles. The molecule has 0 heterocycles. The normalized spacial score (nSPS) is 11.7. The van der Waals surface area contributed by atoms with E-state index in [0.29, 0.717) is 31.5 Å². The van der Waals surface area contributed by atoms with Crippen LogP contribution >= 0.6 is 0 Å². The van der Waals surface area contributed by atoms with Crippen LogP contribution in [0.2, 0.25) is 0 Å². The van der Waals surface area contributed by atoms with Crippen LogP contribution in [0, 0.1) is 0 Å². The molecule has 1 atom stereocenters. The maximum Gasteiger partial charge on any atom is 0.407 e. The Morgan fingerprint density at radius 3 is 2.67 bits per heavy atom. The molecule has 6 N–H and O–H groups in total. The molecule has 0 spiro atoms. The molecule has 1 amide bonds. The summed E-state index contributed by atoms with van der Waals surface area (Å²) in [5.74, 6) is -1.01. The molecule has 0 fully saturated rings. The van der Waals surface area contributed by atoms with Crippen molar-refractivity contribution in [3.05, 3.63) is 29.8 Å². The second-order valence-electron chi connectivity index (χ2n) is 4.64. The predicted octanol–water partition coefficient (Wildman–Crippen LogP) is 1.08. The van der Waals surface area contributed by atoms with Crippen molar-refractivity contribution in [2.24, 2.45) is 5.73 Å². The summed E-state index contributed by atoms with van der Waals surface area (Å²) in [5.41, 5.74) is 12.4. The average molecular weight is 295 g/mol. The third kappa shape index (κ3) is 6.62. The summed E-state index contributed by atoms with van der Waals surface area (Å²) in [4.78, 5) is 21.9. The Labute approximate surface area is 123 Å². The standard InChI is InChI=1S/C14H21N3O4/c15-11-6-2-1-5-10(11)9-21-14(20)17-8-4-3-7-12(16)13(18)19/h1-2,5-6,12H,3-4,7-9,15-16H2,(H,17,20)(H,18,19). The monoisotopic (exact) mass is 295 g/mol. The number of para-hydroxylation sites is 1. The first-order valence-corrected chi connectivity index (χ1v) is 6.73. The second kappa shape index (κ2) is 8.80. The lowest BCUT2D eigenvalue weighted by molar-refractivity contribution is -0.138. The van der Waals surface area contributed by atoms with E-state index in [-0.39, 0.29) is 6.61 Å². The van der Waals surface area contributed by atoms with Crippen molar-refractivity contribution in [3.8, 4) is 0 Å². The predicted molar refractivity (Wildman–Crippen MR) is 78.5 cm³/mol. The molecule has 0 aliphatic carbocycles. The van der Waals surface area contributed by atoms with E-state index >= 15 is 0 Å². The largest absolute Gasteiger partial charge is 0.480 e. The van der Waals surface area contributed by atoms with Gasteiger partial charge >= 0.3 is 12.1 Å². The van der Waals surface area contributed by atoms with E-state index in [9.17, 15) is 9.59 Å². The van der Waals surface area contributed by atoms with Gasteiger partial charge in [0.25, 0.3) is 0 Å². The molecule has 7 heteroatoms. The Hall–Kier alpha value is -2.28. The molecule has 0 aliphatic rings. The highest BCUT2D eigenvalue weighted by atomic mass is 16.5. The number of carboxylic acid groups (broad SMARTS) is 1. The lowest BCUT2D eigenvalue weighted by Gasteiger charge is -2.09. The van der Waals surface area contributed by atoms with E-state index in [1.165, 1.54) is 0 Å². The van der Waals surface area contributed by atoms with E-state index < -0.39 is 18.1 Å². The number of carbonyl (C=O) groups is 2. The van der Waals surface area contributed by atoms with Gasteiger partial charge in [-0.2, -0.15) is 0 Å². The fourth-order valence-electron chi connectivity index (χ4n) is 1.66. The highest BCUT2D eigenvalue weighted by molar-refractivity contribution is 5.72. The number of rotatable bonds is 8. The van der Waals surface area contributed by atoms with Crippen molar-refractivity contribution in [3.63, 3.8) is 0 Å². The first-order valence-electron chi connectivity index (χ1n) is 6.73. The van der Waals surface area contributed by atoms with Crippen LogP contribution in [0.15, 0.2) is 24.3 Å². The van der Waals surface area contributed by atoms with Gasteiger partial charge in [0.05, 0.1) is 0 Å². The Balaban J connectivity index is 2.12. The Morgan fingerprint density at radius 2 is 2.00 bits per heavy atom. The zero-order valence-electron chi connectivity index (χ0n) is 11.7. The zero-order valence-corrected chi connectivity index (χ0v) is 11.7. The summed E-state index contributed by atoms with van der Waals surface area (Å²) >= 11 is 0. The van der Waals surface area contributed by atoms with Gasteiger partial charge in [0.1, 0.15) is 12.6 Å². The van der Waals surface area contributed by atoms with Gasteiger partial charge in [-0.15, -0.1) is 0 Å². The molecule has 21 heavy (non-hydrogen) atoms. The maximum atomic E-state index is 11.4. The number of anilines is 1. The van der Waals surface area contributed by atoms with E-state index in [1.807, 2.05) is 6.07 Å². The van der Waals surface area contributed by atoms with Crippen LogP contribution in [0.3, 0.4) is 0 Å². The van der Waals surface area contributed by atoms with Crippen LogP contribution in [0.1, 0.15) is 24.8 Å². The number of nitrogen functional groups attached to an aromatic ring is 1. The van der Waals surface area contributed by atoms with Crippen molar-refractivity contribution in [2.45, 2.75) is 31.9 Å². The molecule has 116 valence electrons. The molecule has 1 rings (SSSR count). The smallest absolute Gasteiger partial charge is 0.407 e. The van der Waals surface area contributed by atoms with Crippen LogP contribution in [0.4, 0.5) is 10.5 Å². The molecule has 1 aromatic rings. The second-order valence-corrected chi connectivity index (χ2v) is 4.64. The summed E-state index contributed by atoms with van der Waals surface area (Å²) in [6.45, 7) is 0.526. The molecule has 7 nitrogen and oxygen atoms in total. The van der Waals surface area contributed by atoms with Crippen LogP contribution < -0.4 is 16.8 Å². The van der Waals surface area contributed by atoms with Crippen molar-refractivity contribution in [2.75, 3.05) is 12.3 Å². The van der Waals surface area contributed by atoms with Gasteiger partial charge in [-0.05, 0) is 25.3 Å². The highest BCUT2D eigenvalue weighted by Crippen LogP contribution is 2.11. The minimum absolute atomic E-state index is 0.113. The number of amides is 1. The molecule has 0 saturated carbocycles. The minimum atomic E-state index is -1.01. The number of nitrogens with one attached hydrogen (secondary N) is 1. The summed E-state index contributed by atoms with van der Waals surface area (Å²) in [5, 5.41) is 11.2. The summed E-state index contributed by atoms with van der Waals surface area (Å²) in [6.07, 6.45) is 1.12. The number of alkyl carbamates (subject to hydrolysis) is 1. The van der Waals surface area contributed by atoms with Gasteiger partial charge in [-0.1, -0.05) is 18.2 Å². The molecular weight excluding hydrogens is 274 g/mol. The van der Waals surface area contributed by atoms with Crippen molar-refractivity contribution in [1.82, 2.24) is 5.32 Å². The maximum absolute atomic E-state index is 11.4. The number of ether oxygens (including phenoxy) is 1. The van der Waals surface area contributed by atoms with Crippen molar-refractivity contribution in [1.29, 1.82) is 0 Å². The molecule has 0 aliphatic heterocycles. The fourth-order valence-corrected chi connectivity index (χ4v) is 1.66. The van der Waals surface area contributed by atoms with Crippen molar-refractivity contribution < 1.29 is 19.4 Å². The topological polar surface area (TPSA) is 128 Å². The first kappa shape index (κ1) is 16.8. The van der Waals surface area contributed by atoms with Gasteiger partial charge in [-0.3, -0.25) is 4.79 Å². The van der Waals surface area contributed by atoms with Gasteiger partial charge in [0, 0.05) is 17.8 Å².